The van der Waals surface area contributed by atoms with Gasteiger partial charge in [-0.15, -0.1) is 0 Å². The van der Waals surface area contributed by atoms with E-state index in [1.807, 2.05) is 0 Å². The molecule has 1 heterocycles. The van der Waals surface area contributed by atoms with E-state index in [9.17, 15) is 5.11 Å². The van der Waals surface area contributed by atoms with Gasteiger partial charge >= 0.3 is 0 Å². The minimum atomic E-state index is -0.00845. The Hall–Kier alpha value is -1.20. The summed E-state index contributed by atoms with van der Waals surface area (Å²) in [6.45, 7) is 0.716. The molecular weight excluding hydrogens is 230 g/mol. The standard InChI is InChI=1S/C13H21N3O2/c1-18-7-6-10(8-17)16-13-11-4-2-3-5-12(11)14-9-15-13/h9-10,17H,2-8H2,1H3,(H,14,15,16). The van der Waals surface area contributed by atoms with Crippen molar-refractivity contribution in [2.24, 2.45) is 0 Å². The molecule has 1 aromatic heterocycles. The van der Waals surface area contributed by atoms with E-state index in [0.29, 0.717) is 6.61 Å². The zero-order valence-corrected chi connectivity index (χ0v) is 10.9. The number of anilines is 1. The van der Waals surface area contributed by atoms with Crippen molar-refractivity contribution in [2.75, 3.05) is 25.6 Å². The SMILES string of the molecule is COCCC(CO)Nc1ncnc2c1CCCC2. The molecule has 1 aliphatic carbocycles. The Morgan fingerprint density at radius 2 is 2.22 bits per heavy atom. The van der Waals surface area contributed by atoms with Crippen LogP contribution in [-0.2, 0) is 17.6 Å². The molecule has 1 aliphatic rings. The Bertz CT molecular complexity index is 384. The van der Waals surface area contributed by atoms with E-state index < -0.39 is 0 Å². The number of rotatable bonds is 6. The molecule has 1 atom stereocenters. The number of hydrogen-bond donors (Lipinski definition) is 2. The van der Waals surface area contributed by atoms with Crippen LogP contribution in [0.4, 0.5) is 5.82 Å². The van der Waals surface area contributed by atoms with Gasteiger partial charge in [-0.25, -0.2) is 9.97 Å². The first-order chi connectivity index (χ1) is 8.85. The minimum Gasteiger partial charge on any atom is -0.394 e. The first kappa shape index (κ1) is 13.2. The van der Waals surface area contributed by atoms with Crippen molar-refractivity contribution in [1.29, 1.82) is 0 Å². The lowest BCUT2D eigenvalue weighted by molar-refractivity contribution is 0.174. The number of hydrogen-bond acceptors (Lipinski definition) is 5. The highest BCUT2D eigenvalue weighted by Gasteiger charge is 2.17. The quantitative estimate of drug-likeness (QED) is 0.794. The van der Waals surface area contributed by atoms with Crippen LogP contribution in [-0.4, -0.2) is 41.4 Å². The van der Waals surface area contributed by atoms with Crippen molar-refractivity contribution in [1.82, 2.24) is 9.97 Å². The van der Waals surface area contributed by atoms with Gasteiger partial charge in [0.05, 0.1) is 12.6 Å². The fourth-order valence-electron chi connectivity index (χ4n) is 2.31. The lowest BCUT2D eigenvalue weighted by Crippen LogP contribution is -2.27. The van der Waals surface area contributed by atoms with Crippen LogP contribution in [0.1, 0.15) is 30.5 Å². The Morgan fingerprint density at radius 1 is 1.39 bits per heavy atom. The summed E-state index contributed by atoms with van der Waals surface area (Å²) in [6, 6.07) is -0.00845. The molecule has 0 aliphatic heterocycles. The molecule has 0 spiro atoms. The van der Waals surface area contributed by atoms with Crippen LogP contribution < -0.4 is 5.32 Å². The van der Waals surface area contributed by atoms with E-state index in [1.165, 1.54) is 18.4 Å². The van der Waals surface area contributed by atoms with Gasteiger partial charge < -0.3 is 15.2 Å². The molecule has 100 valence electrons. The van der Waals surface area contributed by atoms with Gasteiger partial charge in [-0.3, -0.25) is 0 Å². The zero-order valence-electron chi connectivity index (χ0n) is 10.9. The lowest BCUT2D eigenvalue weighted by Gasteiger charge is -2.22. The van der Waals surface area contributed by atoms with Crippen LogP contribution in [0.15, 0.2) is 6.33 Å². The van der Waals surface area contributed by atoms with Gasteiger partial charge in [0.2, 0.25) is 0 Å². The fourth-order valence-corrected chi connectivity index (χ4v) is 2.31. The van der Waals surface area contributed by atoms with Crippen LogP contribution in [0.3, 0.4) is 0 Å². The lowest BCUT2D eigenvalue weighted by atomic mass is 9.96. The molecule has 0 bridgehead atoms. The first-order valence-corrected chi connectivity index (χ1v) is 6.54. The summed E-state index contributed by atoms with van der Waals surface area (Å²) in [5.41, 5.74) is 2.38. The van der Waals surface area contributed by atoms with Gasteiger partial charge in [-0.05, 0) is 32.1 Å². The predicted molar refractivity (Wildman–Crippen MR) is 69.7 cm³/mol. The van der Waals surface area contributed by atoms with E-state index in [-0.39, 0.29) is 12.6 Å². The molecule has 18 heavy (non-hydrogen) atoms. The predicted octanol–water partition coefficient (Wildman–Crippen LogP) is 1.16. The normalized spacial score (nSPS) is 16.1. The largest absolute Gasteiger partial charge is 0.394 e. The molecule has 0 radical (unpaired) electrons. The van der Waals surface area contributed by atoms with Gasteiger partial charge in [0.25, 0.3) is 0 Å². The summed E-state index contributed by atoms with van der Waals surface area (Å²) >= 11 is 0. The molecule has 1 aromatic rings. The fraction of sp³-hybridized carbons (Fsp3) is 0.692. The second kappa shape index (κ2) is 6.66. The maximum absolute atomic E-state index is 9.36. The van der Waals surface area contributed by atoms with Gasteiger partial charge in [0, 0.05) is 25.0 Å². The van der Waals surface area contributed by atoms with Gasteiger partial charge in [-0.1, -0.05) is 0 Å². The van der Waals surface area contributed by atoms with Crippen molar-refractivity contribution in [2.45, 2.75) is 38.1 Å². The number of nitrogens with zero attached hydrogens (tertiary/aromatic N) is 2. The summed E-state index contributed by atoms with van der Waals surface area (Å²) in [5, 5.41) is 12.7. The average molecular weight is 251 g/mol. The van der Waals surface area contributed by atoms with E-state index in [1.54, 1.807) is 13.4 Å². The molecule has 5 nitrogen and oxygen atoms in total. The molecule has 2 rings (SSSR count). The molecule has 0 aromatic carbocycles. The third-order valence-corrected chi connectivity index (χ3v) is 3.36. The van der Waals surface area contributed by atoms with Crippen molar-refractivity contribution >= 4 is 5.82 Å². The number of aryl methyl sites for hydroxylation is 1. The zero-order chi connectivity index (χ0) is 12.8. The van der Waals surface area contributed by atoms with Crippen LogP contribution in [0, 0.1) is 0 Å². The molecule has 1 unspecified atom stereocenters. The molecule has 0 saturated heterocycles. The van der Waals surface area contributed by atoms with Crippen LogP contribution >= 0.6 is 0 Å². The van der Waals surface area contributed by atoms with E-state index in [4.69, 9.17) is 4.74 Å². The van der Waals surface area contributed by atoms with E-state index in [2.05, 4.69) is 15.3 Å². The van der Waals surface area contributed by atoms with Crippen molar-refractivity contribution in [3.8, 4) is 0 Å². The van der Waals surface area contributed by atoms with Crippen molar-refractivity contribution < 1.29 is 9.84 Å². The van der Waals surface area contributed by atoms with Crippen LogP contribution in [0.5, 0.6) is 0 Å². The molecule has 5 heteroatoms. The Morgan fingerprint density at radius 3 is 3.00 bits per heavy atom. The molecule has 0 saturated carbocycles. The third-order valence-electron chi connectivity index (χ3n) is 3.36. The van der Waals surface area contributed by atoms with Gasteiger partial charge in [0.15, 0.2) is 0 Å². The first-order valence-electron chi connectivity index (χ1n) is 6.54. The van der Waals surface area contributed by atoms with Crippen LogP contribution in [0.2, 0.25) is 0 Å². The summed E-state index contributed by atoms with van der Waals surface area (Å²) in [5.74, 6) is 0.884. The average Bonchev–Trinajstić information content (AvgIpc) is 2.43. The molecule has 0 amide bonds. The Kier molecular flexibility index (Phi) is 4.90. The van der Waals surface area contributed by atoms with E-state index >= 15 is 0 Å². The number of aliphatic hydroxyl groups is 1. The number of aromatic nitrogens is 2. The van der Waals surface area contributed by atoms with E-state index in [0.717, 1.165) is 30.8 Å². The minimum absolute atomic E-state index is 0.00845. The smallest absolute Gasteiger partial charge is 0.133 e. The number of fused-ring (bicyclic) bond motifs is 1. The maximum Gasteiger partial charge on any atom is 0.133 e. The number of aliphatic hydroxyl groups excluding tert-OH is 1. The highest BCUT2D eigenvalue weighted by molar-refractivity contribution is 5.47. The molecule has 0 fully saturated rings. The van der Waals surface area contributed by atoms with Crippen LogP contribution in [0.25, 0.3) is 0 Å². The second-order valence-corrected chi connectivity index (χ2v) is 4.66. The van der Waals surface area contributed by atoms with Crippen molar-refractivity contribution in [3.63, 3.8) is 0 Å². The number of nitrogens with one attached hydrogen (secondary N) is 1. The summed E-state index contributed by atoms with van der Waals surface area (Å²) in [6.07, 6.45) is 6.84. The van der Waals surface area contributed by atoms with Gasteiger partial charge in [-0.2, -0.15) is 0 Å². The number of ether oxygens (including phenoxy) is 1. The summed E-state index contributed by atoms with van der Waals surface area (Å²) < 4.78 is 5.04. The third kappa shape index (κ3) is 3.17. The Labute approximate surface area is 108 Å². The second-order valence-electron chi connectivity index (χ2n) is 4.66. The van der Waals surface area contributed by atoms with Gasteiger partial charge in [0.1, 0.15) is 12.1 Å². The monoisotopic (exact) mass is 251 g/mol. The number of methoxy groups -OCH3 is 1. The topological polar surface area (TPSA) is 67.3 Å². The molecule has 2 N–H and O–H groups in total. The summed E-state index contributed by atoms with van der Waals surface area (Å²) in [4.78, 5) is 8.65. The summed E-state index contributed by atoms with van der Waals surface area (Å²) in [7, 11) is 1.67. The Balaban J connectivity index is 2.08. The highest BCUT2D eigenvalue weighted by atomic mass is 16.5. The maximum atomic E-state index is 9.36. The van der Waals surface area contributed by atoms with Crippen molar-refractivity contribution in [3.05, 3.63) is 17.6 Å². The highest BCUT2D eigenvalue weighted by Crippen LogP contribution is 2.24. The molecular formula is C13H21N3O2.